The number of methoxy groups -OCH3 is 1. The van der Waals surface area contributed by atoms with Crippen molar-refractivity contribution >= 4 is 17.6 Å². The lowest BCUT2D eigenvalue weighted by molar-refractivity contribution is 0.157. The fourth-order valence-corrected chi connectivity index (χ4v) is 4.51. The number of nitrogens with zero attached hydrogens (tertiary/aromatic N) is 2. The van der Waals surface area contributed by atoms with Gasteiger partial charge in [0, 0.05) is 35.4 Å². The topological polar surface area (TPSA) is 24.8 Å². The predicted octanol–water partition coefficient (Wildman–Crippen LogP) is 5.22. The van der Waals surface area contributed by atoms with Crippen molar-refractivity contribution in [3.63, 3.8) is 0 Å². The van der Waals surface area contributed by atoms with Gasteiger partial charge in [-0.3, -0.25) is 4.99 Å². The molecule has 2 atom stereocenters. The molecule has 0 radical (unpaired) electrons. The Kier molecular flexibility index (Phi) is 5.76. The molecule has 0 bridgehead atoms. The van der Waals surface area contributed by atoms with Gasteiger partial charge in [-0.05, 0) is 37.5 Å². The standard InChI is InChI=1S/C21H38N2OS/c1-19(2,3)17-16(21(7,8)25-10)15-11-14(13-24-9)12-23(15)18(22-17)20(4,5)6/h14,17H,11-13H2,1-10H3. The van der Waals surface area contributed by atoms with Crippen molar-refractivity contribution in [2.75, 3.05) is 26.5 Å². The number of rotatable bonds is 4. The van der Waals surface area contributed by atoms with Crippen molar-refractivity contribution < 1.29 is 4.74 Å². The van der Waals surface area contributed by atoms with Gasteiger partial charge >= 0.3 is 0 Å². The van der Waals surface area contributed by atoms with E-state index in [4.69, 9.17) is 9.73 Å². The molecule has 0 spiro atoms. The molecule has 4 heteroatoms. The number of ether oxygens (including phenoxy) is 1. The molecule has 2 aliphatic rings. The molecule has 2 heterocycles. The summed E-state index contributed by atoms with van der Waals surface area (Å²) in [7, 11) is 1.81. The van der Waals surface area contributed by atoms with Gasteiger partial charge in [0.15, 0.2) is 0 Å². The highest BCUT2D eigenvalue weighted by Crippen LogP contribution is 2.49. The van der Waals surface area contributed by atoms with Gasteiger partial charge in [-0.15, -0.1) is 0 Å². The van der Waals surface area contributed by atoms with E-state index in [1.54, 1.807) is 0 Å². The molecule has 0 amide bonds. The summed E-state index contributed by atoms with van der Waals surface area (Å²) in [6.45, 7) is 20.4. The molecule has 1 saturated heterocycles. The Labute approximate surface area is 159 Å². The van der Waals surface area contributed by atoms with Crippen LogP contribution in [0.5, 0.6) is 0 Å². The molecule has 2 aliphatic heterocycles. The summed E-state index contributed by atoms with van der Waals surface area (Å²) in [5.41, 5.74) is 3.20. The summed E-state index contributed by atoms with van der Waals surface area (Å²) in [4.78, 5) is 7.91. The summed E-state index contributed by atoms with van der Waals surface area (Å²) < 4.78 is 5.58. The highest BCUT2D eigenvalue weighted by molar-refractivity contribution is 8.00. The van der Waals surface area contributed by atoms with E-state index in [1.807, 2.05) is 18.9 Å². The van der Waals surface area contributed by atoms with Gasteiger partial charge in [0.1, 0.15) is 5.84 Å². The molecule has 3 nitrogen and oxygen atoms in total. The van der Waals surface area contributed by atoms with E-state index in [0.717, 1.165) is 19.6 Å². The largest absolute Gasteiger partial charge is 0.384 e. The predicted molar refractivity (Wildman–Crippen MR) is 111 cm³/mol. The second kappa shape index (κ2) is 6.92. The first-order chi connectivity index (χ1) is 11.3. The average Bonchev–Trinajstić information content (AvgIpc) is 2.86. The normalized spacial score (nSPS) is 25.4. The zero-order valence-corrected chi connectivity index (χ0v) is 18.8. The second-order valence-corrected chi connectivity index (χ2v) is 11.6. The van der Waals surface area contributed by atoms with Crippen LogP contribution in [0.15, 0.2) is 16.3 Å². The Bertz CT molecular complexity index is 563. The van der Waals surface area contributed by atoms with Crippen LogP contribution >= 0.6 is 11.8 Å². The molecular formula is C21H38N2OS. The van der Waals surface area contributed by atoms with Crippen molar-refractivity contribution in [1.29, 1.82) is 0 Å². The van der Waals surface area contributed by atoms with E-state index in [-0.39, 0.29) is 21.6 Å². The quantitative estimate of drug-likeness (QED) is 0.681. The molecule has 0 aromatic heterocycles. The maximum atomic E-state index is 5.50. The van der Waals surface area contributed by atoms with Crippen LogP contribution in [-0.4, -0.2) is 48.0 Å². The molecule has 2 rings (SSSR count). The van der Waals surface area contributed by atoms with Crippen LogP contribution in [0.2, 0.25) is 0 Å². The van der Waals surface area contributed by atoms with Gasteiger partial charge in [-0.2, -0.15) is 11.8 Å². The summed E-state index contributed by atoms with van der Waals surface area (Å²) >= 11 is 1.94. The van der Waals surface area contributed by atoms with Crippen molar-refractivity contribution in [3.05, 3.63) is 11.3 Å². The third-order valence-corrected chi connectivity index (χ3v) is 6.63. The molecule has 0 aromatic carbocycles. The highest BCUT2D eigenvalue weighted by Gasteiger charge is 2.47. The molecule has 25 heavy (non-hydrogen) atoms. The maximum absolute atomic E-state index is 5.50. The fraction of sp³-hybridized carbons (Fsp3) is 0.857. The van der Waals surface area contributed by atoms with Crippen LogP contribution in [0, 0.1) is 16.7 Å². The van der Waals surface area contributed by atoms with E-state index in [0.29, 0.717) is 5.92 Å². The number of hydrogen-bond donors (Lipinski definition) is 0. The van der Waals surface area contributed by atoms with Gasteiger partial charge in [-0.25, -0.2) is 0 Å². The van der Waals surface area contributed by atoms with Gasteiger partial charge in [0.2, 0.25) is 0 Å². The summed E-state index contributed by atoms with van der Waals surface area (Å²) in [6.07, 6.45) is 3.33. The lowest BCUT2D eigenvalue weighted by Crippen LogP contribution is -2.48. The van der Waals surface area contributed by atoms with Crippen molar-refractivity contribution in [3.8, 4) is 0 Å². The minimum absolute atomic E-state index is 0.0474. The van der Waals surface area contributed by atoms with Crippen LogP contribution in [0.25, 0.3) is 0 Å². The Morgan fingerprint density at radius 3 is 2.16 bits per heavy atom. The number of aliphatic imine (C=N–C) groups is 1. The van der Waals surface area contributed by atoms with Crippen LogP contribution in [-0.2, 0) is 4.74 Å². The zero-order chi connectivity index (χ0) is 19.2. The molecule has 2 unspecified atom stereocenters. The van der Waals surface area contributed by atoms with E-state index >= 15 is 0 Å². The van der Waals surface area contributed by atoms with Crippen molar-refractivity contribution in [1.82, 2.24) is 4.90 Å². The van der Waals surface area contributed by atoms with Crippen LogP contribution in [0.1, 0.15) is 61.8 Å². The van der Waals surface area contributed by atoms with Gasteiger partial charge in [-0.1, -0.05) is 41.5 Å². The summed E-state index contributed by atoms with van der Waals surface area (Å²) in [5, 5.41) is 0. The molecular weight excluding hydrogens is 328 g/mol. The van der Waals surface area contributed by atoms with Gasteiger partial charge < -0.3 is 9.64 Å². The molecule has 0 aliphatic carbocycles. The van der Waals surface area contributed by atoms with Crippen LogP contribution in [0.3, 0.4) is 0 Å². The minimum Gasteiger partial charge on any atom is -0.384 e. The second-order valence-electron chi connectivity index (χ2n) is 10.2. The first-order valence-electron chi connectivity index (χ1n) is 9.46. The minimum atomic E-state index is 0.0474. The number of allylic oxidation sites excluding steroid dienone is 1. The number of fused-ring (bicyclic) bond motifs is 1. The fourth-order valence-electron chi connectivity index (χ4n) is 4.06. The maximum Gasteiger partial charge on any atom is 0.109 e. The molecule has 1 fully saturated rings. The zero-order valence-electron chi connectivity index (χ0n) is 18.0. The third kappa shape index (κ3) is 4.10. The van der Waals surface area contributed by atoms with Crippen LogP contribution < -0.4 is 0 Å². The summed E-state index contributed by atoms with van der Waals surface area (Å²) in [5.74, 6) is 1.81. The smallest absolute Gasteiger partial charge is 0.109 e. The van der Waals surface area contributed by atoms with Crippen LogP contribution in [0.4, 0.5) is 0 Å². The molecule has 0 N–H and O–H groups in total. The van der Waals surface area contributed by atoms with Crippen molar-refractivity contribution in [2.45, 2.75) is 72.6 Å². The van der Waals surface area contributed by atoms with E-state index in [1.165, 1.54) is 17.1 Å². The number of hydrogen-bond acceptors (Lipinski definition) is 4. The van der Waals surface area contributed by atoms with Gasteiger partial charge in [0.25, 0.3) is 0 Å². The summed E-state index contributed by atoms with van der Waals surface area (Å²) in [6, 6.07) is 0.233. The Balaban J connectivity index is 2.65. The lowest BCUT2D eigenvalue weighted by Gasteiger charge is -2.46. The molecule has 0 saturated carbocycles. The molecule has 0 aromatic rings. The first kappa shape index (κ1) is 20.8. The van der Waals surface area contributed by atoms with E-state index in [9.17, 15) is 0 Å². The SMILES string of the molecule is COCC1CC2=C(C(C)(C)SC)C(C(C)(C)C)N=C(C(C)(C)C)N2C1. The van der Waals surface area contributed by atoms with E-state index < -0.39 is 0 Å². The highest BCUT2D eigenvalue weighted by atomic mass is 32.2. The number of amidine groups is 1. The number of thioether (sulfide) groups is 1. The van der Waals surface area contributed by atoms with Gasteiger partial charge in [0.05, 0.1) is 12.6 Å². The third-order valence-electron chi connectivity index (χ3n) is 5.39. The Morgan fingerprint density at radius 2 is 1.72 bits per heavy atom. The molecule has 144 valence electrons. The monoisotopic (exact) mass is 366 g/mol. The van der Waals surface area contributed by atoms with Crippen molar-refractivity contribution in [2.24, 2.45) is 21.7 Å². The Morgan fingerprint density at radius 1 is 1.12 bits per heavy atom. The lowest BCUT2D eigenvalue weighted by atomic mass is 9.75. The average molecular weight is 367 g/mol. The first-order valence-corrected chi connectivity index (χ1v) is 10.7. The van der Waals surface area contributed by atoms with E-state index in [2.05, 4.69) is 66.5 Å². The Hall–Kier alpha value is -0.480.